The lowest BCUT2D eigenvalue weighted by molar-refractivity contribution is -0.139. The van der Waals surface area contributed by atoms with Crippen molar-refractivity contribution in [2.75, 3.05) is 12.4 Å². The Morgan fingerprint density at radius 3 is 2.42 bits per heavy atom. The van der Waals surface area contributed by atoms with Gasteiger partial charge in [0.25, 0.3) is 0 Å². The normalized spacial score (nSPS) is 11.4. The fourth-order valence-corrected chi connectivity index (χ4v) is 2.11. The number of thioether (sulfide) groups is 1. The Hall–Kier alpha value is -1.00. The summed E-state index contributed by atoms with van der Waals surface area (Å²) in [7, 11) is 0. The summed E-state index contributed by atoms with van der Waals surface area (Å²) >= 11 is 1.51. The van der Waals surface area contributed by atoms with Crippen molar-refractivity contribution < 1.29 is 9.53 Å². The molecular formula is C15H23NO2S. The van der Waals surface area contributed by atoms with Crippen LogP contribution in [0, 0.1) is 0 Å². The van der Waals surface area contributed by atoms with Crippen molar-refractivity contribution in [2.45, 2.75) is 44.7 Å². The van der Waals surface area contributed by atoms with Gasteiger partial charge in [-0.3, -0.25) is 4.79 Å². The molecular weight excluding hydrogens is 258 g/mol. The van der Waals surface area contributed by atoms with E-state index in [-0.39, 0.29) is 11.5 Å². The highest BCUT2D eigenvalue weighted by Gasteiger charge is 2.08. The molecule has 0 aliphatic rings. The quantitative estimate of drug-likeness (QED) is 0.642. The lowest BCUT2D eigenvalue weighted by Crippen LogP contribution is -2.35. The molecule has 4 heteroatoms. The van der Waals surface area contributed by atoms with Crippen LogP contribution in [0.15, 0.2) is 29.2 Å². The molecule has 1 aromatic rings. The molecule has 19 heavy (non-hydrogen) atoms. The van der Waals surface area contributed by atoms with Gasteiger partial charge in [0.1, 0.15) is 0 Å². The van der Waals surface area contributed by atoms with E-state index in [1.165, 1.54) is 17.3 Å². The molecule has 0 spiro atoms. The zero-order valence-electron chi connectivity index (χ0n) is 12.2. The summed E-state index contributed by atoms with van der Waals surface area (Å²) in [6.07, 6.45) is 0. The van der Waals surface area contributed by atoms with Gasteiger partial charge in [-0.05, 0) is 45.4 Å². The number of hydrogen-bond donors (Lipinski definition) is 1. The molecule has 0 saturated heterocycles. The van der Waals surface area contributed by atoms with Crippen LogP contribution in [-0.4, -0.2) is 23.9 Å². The van der Waals surface area contributed by atoms with Gasteiger partial charge in [-0.1, -0.05) is 12.1 Å². The van der Waals surface area contributed by atoms with Crippen molar-refractivity contribution in [3.05, 3.63) is 29.8 Å². The summed E-state index contributed by atoms with van der Waals surface area (Å²) in [5, 5.41) is 3.44. The second-order valence-corrected chi connectivity index (χ2v) is 6.39. The minimum absolute atomic E-state index is 0.122. The summed E-state index contributed by atoms with van der Waals surface area (Å²) in [5.74, 6) is 0.207. The van der Waals surface area contributed by atoms with E-state index in [4.69, 9.17) is 4.74 Å². The molecule has 0 fully saturated rings. The van der Waals surface area contributed by atoms with Gasteiger partial charge in [0.2, 0.25) is 0 Å². The highest BCUT2D eigenvalue weighted by molar-refractivity contribution is 8.00. The Labute approximate surface area is 120 Å². The van der Waals surface area contributed by atoms with Crippen molar-refractivity contribution in [3.63, 3.8) is 0 Å². The molecule has 0 aromatic heterocycles. The van der Waals surface area contributed by atoms with Crippen molar-refractivity contribution in [2.24, 2.45) is 0 Å². The molecule has 0 bridgehead atoms. The first kappa shape index (κ1) is 16.1. The maximum atomic E-state index is 11.2. The zero-order valence-corrected chi connectivity index (χ0v) is 13.0. The third-order valence-corrected chi connectivity index (χ3v) is 3.39. The van der Waals surface area contributed by atoms with Gasteiger partial charge in [-0.2, -0.15) is 0 Å². The van der Waals surface area contributed by atoms with Gasteiger partial charge in [-0.15, -0.1) is 11.8 Å². The molecule has 0 atom stereocenters. The first-order valence-corrected chi connectivity index (χ1v) is 7.51. The average molecular weight is 281 g/mol. The van der Waals surface area contributed by atoms with E-state index in [0.717, 1.165) is 11.4 Å². The van der Waals surface area contributed by atoms with E-state index >= 15 is 0 Å². The maximum absolute atomic E-state index is 11.2. The van der Waals surface area contributed by atoms with Crippen LogP contribution >= 0.6 is 11.8 Å². The van der Waals surface area contributed by atoms with Gasteiger partial charge in [0.15, 0.2) is 0 Å². The SMILES string of the molecule is CCOC(=O)CSc1ccc(CNC(C)(C)C)cc1. The lowest BCUT2D eigenvalue weighted by atomic mass is 10.1. The van der Waals surface area contributed by atoms with Gasteiger partial charge < -0.3 is 10.1 Å². The number of rotatable bonds is 6. The van der Waals surface area contributed by atoms with E-state index in [0.29, 0.717) is 12.4 Å². The average Bonchev–Trinajstić information content (AvgIpc) is 2.34. The highest BCUT2D eigenvalue weighted by Crippen LogP contribution is 2.18. The smallest absolute Gasteiger partial charge is 0.316 e. The number of ether oxygens (including phenoxy) is 1. The fraction of sp³-hybridized carbons (Fsp3) is 0.533. The third-order valence-electron chi connectivity index (χ3n) is 2.41. The standard InChI is InChI=1S/C15H23NO2S/c1-5-18-14(17)11-19-13-8-6-12(7-9-13)10-16-15(2,3)4/h6-9,16H,5,10-11H2,1-4H3. The van der Waals surface area contributed by atoms with E-state index in [2.05, 4.69) is 38.2 Å². The minimum atomic E-state index is -0.161. The largest absolute Gasteiger partial charge is 0.465 e. The van der Waals surface area contributed by atoms with Crippen molar-refractivity contribution in [1.29, 1.82) is 0 Å². The topological polar surface area (TPSA) is 38.3 Å². The number of benzene rings is 1. The van der Waals surface area contributed by atoms with Gasteiger partial charge in [0, 0.05) is 17.0 Å². The molecule has 106 valence electrons. The number of esters is 1. The highest BCUT2D eigenvalue weighted by atomic mass is 32.2. The first-order valence-electron chi connectivity index (χ1n) is 6.53. The summed E-state index contributed by atoms with van der Waals surface area (Å²) in [6.45, 7) is 9.56. The van der Waals surface area contributed by atoms with Crippen LogP contribution < -0.4 is 5.32 Å². The van der Waals surface area contributed by atoms with Crippen LogP contribution in [0.3, 0.4) is 0 Å². The van der Waals surface area contributed by atoms with Gasteiger partial charge >= 0.3 is 5.97 Å². The third kappa shape index (κ3) is 7.23. The Morgan fingerprint density at radius 2 is 1.89 bits per heavy atom. The zero-order chi connectivity index (χ0) is 14.3. The molecule has 0 saturated carbocycles. The summed E-state index contributed by atoms with van der Waals surface area (Å²) in [5.41, 5.74) is 1.37. The van der Waals surface area contributed by atoms with Crippen LogP contribution in [0.1, 0.15) is 33.3 Å². The Morgan fingerprint density at radius 1 is 1.26 bits per heavy atom. The minimum Gasteiger partial charge on any atom is -0.465 e. The van der Waals surface area contributed by atoms with Crippen molar-refractivity contribution in [1.82, 2.24) is 5.32 Å². The second-order valence-electron chi connectivity index (χ2n) is 5.34. The molecule has 1 aromatic carbocycles. The molecule has 0 unspecified atom stereocenters. The molecule has 3 nitrogen and oxygen atoms in total. The molecule has 0 radical (unpaired) electrons. The van der Waals surface area contributed by atoms with E-state index in [1.807, 2.05) is 19.1 Å². The second kappa shape index (κ2) is 7.56. The van der Waals surface area contributed by atoms with Crippen LogP contribution in [0.5, 0.6) is 0 Å². The van der Waals surface area contributed by atoms with Crippen molar-refractivity contribution in [3.8, 4) is 0 Å². The number of carbonyl (C=O) groups is 1. The molecule has 0 aliphatic carbocycles. The summed E-state index contributed by atoms with van der Waals surface area (Å²) in [4.78, 5) is 12.3. The Bertz CT molecular complexity index is 396. The van der Waals surface area contributed by atoms with E-state index in [9.17, 15) is 4.79 Å². The first-order chi connectivity index (χ1) is 8.90. The fourth-order valence-electron chi connectivity index (χ4n) is 1.42. The summed E-state index contributed by atoms with van der Waals surface area (Å²) in [6, 6.07) is 8.27. The number of carbonyl (C=O) groups excluding carboxylic acids is 1. The lowest BCUT2D eigenvalue weighted by Gasteiger charge is -2.20. The Balaban J connectivity index is 2.41. The van der Waals surface area contributed by atoms with E-state index in [1.54, 1.807) is 0 Å². The molecule has 1 rings (SSSR count). The van der Waals surface area contributed by atoms with Crippen LogP contribution in [0.2, 0.25) is 0 Å². The van der Waals surface area contributed by atoms with Crippen LogP contribution in [-0.2, 0) is 16.1 Å². The van der Waals surface area contributed by atoms with Gasteiger partial charge in [0.05, 0.1) is 12.4 Å². The van der Waals surface area contributed by atoms with Crippen LogP contribution in [0.4, 0.5) is 0 Å². The molecule has 0 aliphatic heterocycles. The number of hydrogen-bond acceptors (Lipinski definition) is 4. The monoisotopic (exact) mass is 281 g/mol. The van der Waals surface area contributed by atoms with E-state index < -0.39 is 0 Å². The predicted molar refractivity (Wildman–Crippen MR) is 80.4 cm³/mol. The maximum Gasteiger partial charge on any atom is 0.316 e. The summed E-state index contributed by atoms with van der Waals surface area (Å²) < 4.78 is 4.89. The predicted octanol–water partition coefficient (Wildman–Crippen LogP) is 3.23. The van der Waals surface area contributed by atoms with Crippen molar-refractivity contribution >= 4 is 17.7 Å². The Kier molecular flexibility index (Phi) is 6.38. The van der Waals surface area contributed by atoms with Gasteiger partial charge in [-0.25, -0.2) is 0 Å². The molecule has 0 heterocycles. The van der Waals surface area contributed by atoms with Crippen LogP contribution in [0.25, 0.3) is 0 Å². The number of nitrogens with one attached hydrogen (secondary N) is 1. The molecule has 0 amide bonds. The molecule has 1 N–H and O–H groups in total.